The molecule has 0 saturated carbocycles. The van der Waals surface area contributed by atoms with Crippen molar-refractivity contribution in [3.05, 3.63) is 16.5 Å². The third-order valence-electron chi connectivity index (χ3n) is 2.29. The second-order valence-corrected chi connectivity index (χ2v) is 5.39. The molecule has 1 rings (SSSR count). The maximum Gasteiger partial charge on any atom is 0.341 e. The van der Waals surface area contributed by atoms with Gasteiger partial charge in [-0.15, -0.1) is 11.3 Å². The summed E-state index contributed by atoms with van der Waals surface area (Å²) in [5.41, 5.74) is 6.62. The number of carbonyl (C=O) groups excluding carboxylic acids is 2. The number of thiophene rings is 1. The molecule has 0 bridgehead atoms. The fraction of sp³-hybridized carbons (Fsp3) is 0.538. The van der Waals surface area contributed by atoms with Gasteiger partial charge in [-0.1, -0.05) is 13.8 Å². The second-order valence-electron chi connectivity index (χ2n) is 4.47. The van der Waals surface area contributed by atoms with Crippen LogP contribution in [0.1, 0.15) is 36.7 Å². The highest BCUT2D eigenvalue weighted by molar-refractivity contribution is 7.14. The number of rotatable bonds is 6. The van der Waals surface area contributed by atoms with Gasteiger partial charge in [-0.2, -0.15) is 0 Å². The van der Waals surface area contributed by atoms with E-state index in [4.69, 9.17) is 15.2 Å². The number of esters is 2. The van der Waals surface area contributed by atoms with Gasteiger partial charge in [0.1, 0.15) is 5.00 Å². The number of anilines is 1. The lowest BCUT2D eigenvalue weighted by Crippen LogP contribution is -2.15. The Morgan fingerprint density at radius 1 is 1.37 bits per heavy atom. The molecule has 0 aliphatic carbocycles. The van der Waals surface area contributed by atoms with Crippen LogP contribution in [-0.2, 0) is 20.7 Å². The van der Waals surface area contributed by atoms with Crippen molar-refractivity contribution in [2.24, 2.45) is 5.92 Å². The first-order chi connectivity index (χ1) is 8.95. The summed E-state index contributed by atoms with van der Waals surface area (Å²) in [5, 5.41) is 2.06. The lowest BCUT2D eigenvalue weighted by molar-refractivity contribution is -0.142. The standard InChI is InChI=1S/C13H19NO4S/c1-4-17-10(15)5-9-7-19-12(14)11(9)13(16)18-6-8(2)3/h7-8H,4-6,14H2,1-3H3. The molecule has 0 aliphatic rings. The Labute approximate surface area is 116 Å². The van der Waals surface area contributed by atoms with Gasteiger partial charge in [0, 0.05) is 0 Å². The van der Waals surface area contributed by atoms with Gasteiger partial charge in [0.2, 0.25) is 0 Å². The molecular formula is C13H19NO4S. The minimum absolute atomic E-state index is 0.0354. The first kappa shape index (κ1) is 15.5. The SMILES string of the molecule is CCOC(=O)Cc1csc(N)c1C(=O)OCC(C)C. The summed E-state index contributed by atoms with van der Waals surface area (Å²) in [5.74, 6) is -0.609. The van der Waals surface area contributed by atoms with Crippen LogP contribution in [0.2, 0.25) is 0 Å². The molecular weight excluding hydrogens is 266 g/mol. The van der Waals surface area contributed by atoms with Gasteiger partial charge in [-0.05, 0) is 23.8 Å². The molecule has 19 heavy (non-hydrogen) atoms. The van der Waals surface area contributed by atoms with Crippen LogP contribution >= 0.6 is 11.3 Å². The summed E-state index contributed by atoms with van der Waals surface area (Å²) in [6.07, 6.45) is 0.0354. The van der Waals surface area contributed by atoms with E-state index in [1.54, 1.807) is 12.3 Å². The van der Waals surface area contributed by atoms with Crippen molar-refractivity contribution >= 4 is 28.3 Å². The smallest absolute Gasteiger partial charge is 0.341 e. The van der Waals surface area contributed by atoms with Crippen molar-refractivity contribution in [2.75, 3.05) is 18.9 Å². The summed E-state index contributed by atoms with van der Waals surface area (Å²) in [4.78, 5) is 23.4. The first-order valence-electron chi connectivity index (χ1n) is 6.14. The molecule has 106 valence electrons. The van der Waals surface area contributed by atoms with Crippen LogP contribution in [0.25, 0.3) is 0 Å². The highest BCUT2D eigenvalue weighted by atomic mass is 32.1. The zero-order chi connectivity index (χ0) is 14.4. The van der Waals surface area contributed by atoms with E-state index in [9.17, 15) is 9.59 Å². The average Bonchev–Trinajstić information content (AvgIpc) is 2.67. The largest absolute Gasteiger partial charge is 0.466 e. The topological polar surface area (TPSA) is 78.6 Å². The van der Waals surface area contributed by atoms with E-state index in [1.165, 1.54) is 11.3 Å². The van der Waals surface area contributed by atoms with Crippen molar-refractivity contribution in [2.45, 2.75) is 27.2 Å². The molecule has 5 nitrogen and oxygen atoms in total. The van der Waals surface area contributed by atoms with Crippen LogP contribution in [0.5, 0.6) is 0 Å². The zero-order valence-electron chi connectivity index (χ0n) is 11.4. The summed E-state index contributed by atoms with van der Waals surface area (Å²) in [6, 6.07) is 0. The summed E-state index contributed by atoms with van der Waals surface area (Å²) < 4.78 is 10.0. The summed E-state index contributed by atoms with van der Waals surface area (Å²) in [6.45, 7) is 6.27. The maximum absolute atomic E-state index is 11.9. The monoisotopic (exact) mass is 285 g/mol. The predicted molar refractivity (Wildman–Crippen MR) is 74.2 cm³/mol. The molecule has 0 atom stereocenters. The van der Waals surface area contributed by atoms with Crippen molar-refractivity contribution in [3.63, 3.8) is 0 Å². The Morgan fingerprint density at radius 2 is 2.05 bits per heavy atom. The van der Waals surface area contributed by atoms with Crippen LogP contribution in [0.15, 0.2) is 5.38 Å². The lowest BCUT2D eigenvalue weighted by atomic mass is 10.1. The van der Waals surface area contributed by atoms with Gasteiger partial charge in [0.25, 0.3) is 0 Å². The highest BCUT2D eigenvalue weighted by Gasteiger charge is 2.21. The molecule has 0 amide bonds. The first-order valence-corrected chi connectivity index (χ1v) is 7.02. The normalized spacial score (nSPS) is 10.5. The van der Waals surface area contributed by atoms with Crippen molar-refractivity contribution in [1.29, 1.82) is 0 Å². The Bertz CT molecular complexity index is 453. The van der Waals surface area contributed by atoms with Crippen LogP contribution in [0.4, 0.5) is 5.00 Å². The molecule has 2 N–H and O–H groups in total. The lowest BCUT2D eigenvalue weighted by Gasteiger charge is -2.08. The van der Waals surface area contributed by atoms with Gasteiger partial charge in [-0.25, -0.2) is 4.79 Å². The van der Waals surface area contributed by atoms with Crippen molar-refractivity contribution in [1.82, 2.24) is 0 Å². The maximum atomic E-state index is 11.9. The van der Waals surface area contributed by atoms with Gasteiger partial charge in [0.15, 0.2) is 0 Å². The molecule has 0 aliphatic heterocycles. The molecule has 0 unspecified atom stereocenters. The molecule has 1 aromatic rings. The molecule has 1 aromatic heterocycles. The number of nitrogen functional groups attached to an aromatic ring is 1. The van der Waals surface area contributed by atoms with E-state index in [0.29, 0.717) is 29.3 Å². The second kappa shape index (κ2) is 7.13. The summed E-state index contributed by atoms with van der Waals surface area (Å²) >= 11 is 1.22. The average molecular weight is 285 g/mol. The molecule has 0 saturated heterocycles. The number of hydrogen-bond donors (Lipinski definition) is 1. The van der Waals surface area contributed by atoms with Gasteiger partial charge < -0.3 is 15.2 Å². The van der Waals surface area contributed by atoms with Crippen molar-refractivity contribution in [3.8, 4) is 0 Å². The molecule has 6 heteroatoms. The van der Waals surface area contributed by atoms with Crippen LogP contribution in [-0.4, -0.2) is 25.2 Å². The van der Waals surface area contributed by atoms with E-state index < -0.39 is 5.97 Å². The van der Waals surface area contributed by atoms with E-state index in [-0.39, 0.29) is 18.3 Å². The van der Waals surface area contributed by atoms with E-state index in [0.717, 1.165) is 0 Å². The third kappa shape index (κ3) is 4.55. The number of nitrogens with two attached hydrogens (primary N) is 1. The Hall–Kier alpha value is -1.56. The minimum atomic E-state index is -0.480. The predicted octanol–water partition coefficient (Wildman–Crippen LogP) is 2.25. The van der Waals surface area contributed by atoms with Gasteiger partial charge >= 0.3 is 11.9 Å². The quantitative estimate of drug-likeness (QED) is 0.811. The fourth-order valence-corrected chi connectivity index (χ4v) is 2.26. The van der Waals surface area contributed by atoms with Crippen LogP contribution in [0.3, 0.4) is 0 Å². The molecule has 0 aromatic carbocycles. The summed E-state index contributed by atoms with van der Waals surface area (Å²) in [7, 11) is 0. The minimum Gasteiger partial charge on any atom is -0.466 e. The van der Waals surface area contributed by atoms with Crippen molar-refractivity contribution < 1.29 is 19.1 Å². The molecule has 0 fully saturated rings. The Kier molecular flexibility index (Phi) is 5.82. The number of hydrogen-bond acceptors (Lipinski definition) is 6. The number of ether oxygens (including phenoxy) is 2. The Morgan fingerprint density at radius 3 is 2.63 bits per heavy atom. The van der Waals surface area contributed by atoms with Crippen LogP contribution in [0, 0.1) is 5.92 Å². The van der Waals surface area contributed by atoms with E-state index in [1.807, 2.05) is 13.8 Å². The molecule has 1 heterocycles. The van der Waals surface area contributed by atoms with Crippen LogP contribution < -0.4 is 5.73 Å². The highest BCUT2D eigenvalue weighted by Crippen LogP contribution is 2.26. The number of carbonyl (C=O) groups is 2. The van der Waals surface area contributed by atoms with Gasteiger partial charge in [0.05, 0.1) is 25.2 Å². The zero-order valence-corrected chi connectivity index (χ0v) is 12.2. The van der Waals surface area contributed by atoms with E-state index >= 15 is 0 Å². The van der Waals surface area contributed by atoms with E-state index in [2.05, 4.69) is 0 Å². The molecule has 0 radical (unpaired) electrons. The Balaban J connectivity index is 2.79. The fourth-order valence-electron chi connectivity index (χ4n) is 1.45. The van der Waals surface area contributed by atoms with Gasteiger partial charge in [-0.3, -0.25) is 4.79 Å². The third-order valence-corrected chi connectivity index (χ3v) is 3.15. The molecule has 0 spiro atoms.